The monoisotopic (exact) mass is 576 g/mol. The molecule has 4 aliphatic carbocycles. The van der Waals surface area contributed by atoms with Gasteiger partial charge in [0.05, 0.1) is 18.3 Å². The predicted molar refractivity (Wildman–Crippen MR) is 157 cm³/mol. The van der Waals surface area contributed by atoms with Crippen LogP contribution in [0.4, 0.5) is 0 Å². The van der Waals surface area contributed by atoms with Crippen molar-refractivity contribution in [2.75, 3.05) is 26.2 Å². The number of nitrogens with zero attached hydrogens (tertiary/aromatic N) is 2. The molecule has 8 nitrogen and oxygen atoms in total. The number of carboxylic acid groups (broad SMARTS) is 1. The summed E-state index contributed by atoms with van der Waals surface area (Å²) in [5.41, 5.74) is 0.390. The van der Waals surface area contributed by atoms with E-state index in [4.69, 9.17) is 5.11 Å². The number of aliphatic hydroxyl groups excluding tert-OH is 3. The number of aliphatic hydroxyl groups is 3. The lowest BCUT2D eigenvalue weighted by atomic mass is 9.44. The highest BCUT2D eigenvalue weighted by atomic mass is 16.4. The fraction of sp³-hybridized carbons (Fsp3) is 0.939. The average Bonchev–Trinajstić information content (AvgIpc) is 3.20. The fourth-order valence-electron chi connectivity index (χ4n) is 10.7. The van der Waals surface area contributed by atoms with Gasteiger partial charge in [-0.15, -0.1) is 0 Å². The molecule has 0 radical (unpaired) electrons. The summed E-state index contributed by atoms with van der Waals surface area (Å²) in [5, 5.41) is 40.7. The molecule has 0 aromatic rings. The van der Waals surface area contributed by atoms with E-state index in [1.54, 1.807) is 0 Å². The number of carbonyl (C=O) groups excluding carboxylic acids is 1. The van der Waals surface area contributed by atoms with Crippen molar-refractivity contribution >= 4 is 11.8 Å². The number of Topliss-reactive ketones (excluding diaryl/α,β-unsaturated/α-hetero) is 1. The van der Waals surface area contributed by atoms with Crippen molar-refractivity contribution in [2.45, 2.75) is 135 Å². The normalized spacial score (nSPS) is 45.5. The summed E-state index contributed by atoms with van der Waals surface area (Å²) >= 11 is 0. The van der Waals surface area contributed by atoms with Gasteiger partial charge in [-0.1, -0.05) is 20.3 Å². The lowest BCUT2D eigenvalue weighted by molar-refractivity contribution is -0.156. The summed E-state index contributed by atoms with van der Waals surface area (Å²) in [7, 11) is 0. The van der Waals surface area contributed by atoms with Gasteiger partial charge >= 0.3 is 5.97 Å². The van der Waals surface area contributed by atoms with Gasteiger partial charge in [0, 0.05) is 25.2 Å². The Morgan fingerprint density at radius 1 is 0.780 bits per heavy atom. The molecular formula is C33H56N2O6. The number of rotatable bonds is 4. The fourth-order valence-corrected chi connectivity index (χ4v) is 10.7. The van der Waals surface area contributed by atoms with Crippen LogP contribution in [0.25, 0.3) is 0 Å². The lowest BCUT2D eigenvalue weighted by Crippen LogP contribution is -2.60. The van der Waals surface area contributed by atoms with E-state index in [1.807, 2.05) is 0 Å². The molecule has 234 valence electrons. The zero-order chi connectivity index (χ0) is 29.5. The smallest absolute Gasteiger partial charge is 0.310 e. The Hall–Kier alpha value is -1.06. The summed E-state index contributed by atoms with van der Waals surface area (Å²) < 4.78 is 0. The molecule has 10 atom stereocenters. The molecule has 41 heavy (non-hydrogen) atoms. The Bertz CT molecular complexity index is 921. The van der Waals surface area contributed by atoms with Gasteiger partial charge in [0.15, 0.2) is 0 Å². The van der Waals surface area contributed by atoms with Gasteiger partial charge in [0.2, 0.25) is 0 Å². The van der Waals surface area contributed by atoms with Crippen molar-refractivity contribution in [2.24, 2.45) is 34.5 Å². The van der Waals surface area contributed by atoms with Crippen LogP contribution in [0, 0.1) is 34.5 Å². The maximum atomic E-state index is 11.6. The lowest BCUT2D eigenvalue weighted by Gasteiger charge is -2.62. The molecule has 2 aliphatic heterocycles. The van der Waals surface area contributed by atoms with Gasteiger partial charge in [-0.25, -0.2) is 0 Å². The van der Waals surface area contributed by atoms with E-state index in [0.29, 0.717) is 23.3 Å². The molecule has 0 aromatic carbocycles. The number of carboxylic acids is 1. The molecular weight excluding hydrogens is 520 g/mol. The zero-order valence-corrected chi connectivity index (χ0v) is 25.7. The maximum Gasteiger partial charge on any atom is 0.310 e. The van der Waals surface area contributed by atoms with Gasteiger partial charge in [-0.3, -0.25) is 19.4 Å². The van der Waals surface area contributed by atoms with Gasteiger partial charge in [-0.05, 0) is 125 Å². The maximum absolute atomic E-state index is 11.6. The van der Waals surface area contributed by atoms with Gasteiger partial charge in [0.25, 0.3) is 0 Å². The molecule has 4 saturated carbocycles. The largest absolute Gasteiger partial charge is 0.481 e. The van der Waals surface area contributed by atoms with Crippen molar-refractivity contribution in [1.82, 2.24) is 9.80 Å². The standard InChI is InChI=1S/C29H50N2O3.C4H6O3/c1-28-11-8-22-21(23(28)17-24(27(28)34)30-12-4-3-5-13-30)7-6-19-16-26(33)25(18-29(19,22)2)31-14-9-20(32)10-15-31;1-3(5)2-4(6)7/h19-27,32-34H,3-18H2,1-2H3;2H2,1H3,(H,6,7)/t19-,21+,22-,23-,24-,25-,26-,27-,28-,29-;/m0./s1. The van der Waals surface area contributed by atoms with Crippen LogP contribution >= 0.6 is 0 Å². The summed E-state index contributed by atoms with van der Waals surface area (Å²) in [6.07, 6.45) is 13.1. The van der Waals surface area contributed by atoms with Gasteiger partial charge in [-0.2, -0.15) is 0 Å². The van der Waals surface area contributed by atoms with Crippen molar-refractivity contribution in [3.05, 3.63) is 0 Å². The second-order valence-corrected chi connectivity index (χ2v) is 15.2. The van der Waals surface area contributed by atoms with Crippen molar-refractivity contribution in [3.8, 4) is 0 Å². The van der Waals surface area contributed by atoms with Crippen LogP contribution in [0.3, 0.4) is 0 Å². The van der Waals surface area contributed by atoms with Crippen molar-refractivity contribution in [1.29, 1.82) is 0 Å². The molecule has 2 heterocycles. The van der Waals surface area contributed by atoms with E-state index in [2.05, 4.69) is 23.6 Å². The number of hydrogen-bond donors (Lipinski definition) is 4. The topological polar surface area (TPSA) is 122 Å². The molecule has 0 amide bonds. The second kappa shape index (κ2) is 12.5. The summed E-state index contributed by atoms with van der Waals surface area (Å²) in [5.74, 6) is 1.40. The Kier molecular flexibility index (Phi) is 9.57. The number of fused-ring (bicyclic) bond motifs is 5. The quantitative estimate of drug-likeness (QED) is 0.374. The van der Waals surface area contributed by atoms with Crippen LogP contribution < -0.4 is 0 Å². The molecule has 0 unspecified atom stereocenters. The van der Waals surface area contributed by atoms with Gasteiger partial charge < -0.3 is 20.4 Å². The van der Waals surface area contributed by atoms with E-state index >= 15 is 0 Å². The number of piperidine rings is 2. The third-order valence-corrected chi connectivity index (χ3v) is 12.9. The SMILES string of the molecule is CC(=O)CC(=O)O.C[C@]12C[C@H](N3CCC(O)CC3)[C@@H](O)C[C@@H]1CC[C@@H]1[C@@H]2CC[C@]2(C)[C@@H](O)[C@@H](N3CCCCC3)C[C@@H]12. The Morgan fingerprint density at radius 3 is 2.05 bits per heavy atom. The molecule has 8 heteroatoms. The summed E-state index contributed by atoms with van der Waals surface area (Å²) in [6, 6.07) is 0.636. The number of ketones is 1. The first-order chi connectivity index (χ1) is 19.4. The molecule has 6 aliphatic rings. The first-order valence-electron chi connectivity index (χ1n) is 16.7. The third kappa shape index (κ3) is 6.15. The van der Waals surface area contributed by atoms with Crippen LogP contribution in [0.1, 0.15) is 104 Å². The molecule has 6 rings (SSSR count). The van der Waals surface area contributed by atoms with Crippen LogP contribution in [0.15, 0.2) is 0 Å². The molecule has 4 N–H and O–H groups in total. The minimum Gasteiger partial charge on any atom is -0.481 e. The van der Waals surface area contributed by atoms with E-state index < -0.39 is 5.97 Å². The second-order valence-electron chi connectivity index (χ2n) is 15.2. The summed E-state index contributed by atoms with van der Waals surface area (Å²) in [4.78, 5) is 24.6. The first-order valence-corrected chi connectivity index (χ1v) is 16.7. The molecule has 2 saturated heterocycles. The van der Waals surface area contributed by atoms with Crippen LogP contribution in [0.2, 0.25) is 0 Å². The van der Waals surface area contributed by atoms with E-state index in [-0.39, 0.29) is 42.0 Å². The van der Waals surface area contributed by atoms with Gasteiger partial charge in [0.1, 0.15) is 12.2 Å². The van der Waals surface area contributed by atoms with E-state index in [1.165, 1.54) is 71.4 Å². The third-order valence-electron chi connectivity index (χ3n) is 12.9. The van der Waals surface area contributed by atoms with Crippen LogP contribution in [-0.2, 0) is 9.59 Å². The molecule has 0 aromatic heterocycles. The van der Waals surface area contributed by atoms with Crippen LogP contribution in [0.5, 0.6) is 0 Å². The van der Waals surface area contributed by atoms with Crippen LogP contribution in [-0.4, -0.2) is 98.6 Å². The number of aliphatic carboxylic acids is 1. The number of carbonyl (C=O) groups is 2. The minimum absolute atomic E-state index is 0.0864. The average molecular weight is 577 g/mol. The summed E-state index contributed by atoms with van der Waals surface area (Å²) in [6.45, 7) is 10.5. The highest BCUT2D eigenvalue weighted by Gasteiger charge is 2.63. The number of likely N-dealkylation sites (tertiary alicyclic amines) is 2. The molecule has 0 bridgehead atoms. The highest BCUT2D eigenvalue weighted by Crippen LogP contribution is 2.66. The highest BCUT2D eigenvalue weighted by molar-refractivity contribution is 5.93. The Labute approximate surface area is 246 Å². The first kappa shape index (κ1) is 31.4. The van der Waals surface area contributed by atoms with Crippen molar-refractivity contribution in [3.63, 3.8) is 0 Å². The van der Waals surface area contributed by atoms with E-state index in [0.717, 1.165) is 50.6 Å². The Balaban J connectivity index is 0.000000431. The Morgan fingerprint density at radius 2 is 1.44 bits per heavy atom. The minimum atomic E-state index is -1.06. The molecule has 0 spiro atoms. The van der Waals surface area contributed by atoms with E-state index in [9.17, 15) is 24.9 Å². The van der Waals surface area contributed by atoms with Crippen molar-refractivity contribution < 1.29 is 30.0 Å². The number of hydrogen-bond acceptors (Lipinski definition) is 7. The molecule has 6 fully saturated rings. The predicted octanol–water partition coefficient (Wildman–Crippen LogP) is 3.70. The zero-order valence-electron chi connectivity index (χ0n) is 25.7.